The molecule has 0 fully saturated rings. The fraction of sp³-hybridized carbons (Fsp3) is 0.917. The van der Waals surface area contributed by atoms with Crippen molar-refractivity contribution in [3.63, 3.8) is 0 Å². The molecule has 0 aliphatic rings. The van der Waals surface area contributed by atoms with E-state index in [4.69, 9.17) is 11.6 Å². The molecule has 0 saturated carbocycles. The van der Waals surface area contributed by atoms with Crippen molar-refractivity contribution in [2.45, 2.75) is 64.8 Å². The second kappa shape index (κ2) is 10.3. The summed E-state index contributed by atoms with van der Waals surface area (Å²) in [6.07, 6.45) is 7.25. The van der Waals surface area contributed by atoms with Crippen LogP contribution in [-0.4, -0.2) is 17.8 Å². The Bertz CT molecular complexity index is 162. The van der Waals surface area contributed by atoms with Crippen LogP contribution in [0, 0.1) is 0 Å². The average molecular weight is 234 g/mol. The van der Waals surface area contributed by atoms with E-state index in [1.165, 1.54) is 19.3 Å². The van der Waals surface area contributed by atoms with Crippen molar-refractivity contribution < 1.29 is 4.79 Å². The first kappa shape index (κ1) is 14.8. The summed E-state index contributed by atoms with van der Waals surface area (Å²) in [4.78, 5) is 11.4. The quantitative estimate of drug-likeness (QED) is 0.480. The first-order valence-corrected chi connectivity index (χ1v) is 6.59. The minimum Gasteiger partial charge on any atom is -0.354 e. The predicted molar refractivity (Wildman–Crippen MR) is 66.3 cm³/mol. The monoisotopic (exact) mass is 233 g/mol. The molecule has 15 heavy (non-hydrogen) atoms. The van der Waals surface area contributed by atoms with Gasteiger partial charge >= 0.3 is 0 Å². The van der Waals surface area contributed by atoms with Gasteiger partial charge < -0.3 is 5.32 Å². The first-order valence-electron chi connectivity index (χ1n) is 6.06. The van der Waals surface area contributed by atoms with Crippen LogP contribution >= 0.6 is 11.6 Å². The average Bonchev–Trinajstić information content (AvgIpc) is 2.21. The van der Waals surface area contributed by atoms with Crippen LogP contribution < -0.4 is 5.32 Å². The number of nitrogens with one attached hydrogen (secondary N) is 1. The summed E-state index contributed by atoms with van der Waals surface area (Å²) >= 11 is 5.59. The van der Waals surface area contributed by atoms with Crippen molar-refractivity contribution in [3.8, 4) is 0 Å². The van der Waals surface area contributed by atoms with Gasteiger partial charge in [0, 0.05) is 18.3 Å². The number of hydrogen-bond donors (Lipinski definition) is 1. The largest absolute Gasteiger partial charge is 0.354 e. The molecule has 0 spiro atoms. The lowest BCUT2D eigenvalue weighted by molar-refractivity contribution is -0.121. The third-order valence-corrected chi connectivity index (χ3v) is 2.70. The van der Waals surface area contributed by atoms with Crippen LogP contribution in [0.5, 0.6) is 0 Å². The van der Waals surface area contributed by atoms with Crippen molar-refractivity contribution in [2.75, 3.05) is 5.88 Å². The standard InChI is InChI=1S/C12H24ClNO/c1-3-4-5-6-9-12(15)14-11(2)8-7-10-13/h11H,3-10H2,1-2H3,(H,14,15). The summed E-state index contributed by atoms with van der Waals surface area (Å²) in [7, 11) is 0. The van der Waals surface area contributed by atoms with Crippen LogP contribution in [0.25, 0.3) is 0 Å². The van der Waals surface area contributed by atoms with Crippen LogP contribution in [0.3, 0.4) is 0 Å². The van der Waals surface area contributed by atoms with E-state index in [-0.39, 0.29) is 11.9 Å². The minimum absolute atomic E-state index is 0.188. The Morgan fingerprint density at radius 3 is 2.60 bits per heavy atom. The van der Waals surface area contributed by atoms with Gasteiger partial charge in [-0.15, -0.1) is 11.6 Å². The van der Waals surface area contributed by atoms with Gasteiger partial charge in [-0.2, -0.15) is 0 Å². The molecule has 0 aromatic rings. The highest BCUT2D eigenvalue weighted by molar-refractivity contribution is 6.17. The van der Waals surface area contributed by atoms with Gasteiger partial charge in [0.25, 0.3) is 0 Å². The summed E-state index contributed by atoms with van der Waals surface area (Å²) in [6, 6.07) is 0.266. The summed E-state index contributed by atoms with van der Waals surface area (Å²) in [6.45, 7) is 4.21. The number of carbonyl (C=O) groups is 1. The molecule has 1 atom stereocenters. The fourth-order valence-electron chi connectivity index (χ4n) is 1.51. The molecule has 0 aliphatic heterocycles. The maximum absolute atomic E-state index is 11.4. The predicted octanol–water partition coefficient (Wildman–Crippen LogP) is 3.48. The Morgan fingerprint density at radius 2 is 2.00 bits per heavy atom. The topological polar surface area (TPSA) is 29.1 Å². The Morgan fingerprint density at radius 1 is 1.27 bits per heavy atom. The normalized spacial score (nSPS) is 12.5. The zero-order valence-corrected chi connectivity index (χ0v) is 10.8. The first-order chi connectivity index (χ1) is 7.20. The summed E-state index contributed by atoms with van der Waals surface area (Å²) in [5, 5.41) is 2.99. The van der Waals surface area contributed by atoms with Crippen LogP contribution in [0.15, 0.2) is 0 Å². The molecule has 3 heteroatoms. The number of alkyl halides is 1. The second-order valence-corrected chi connectivity index (χ2v) is 4.49. The van der Waals surface area contributed by atoms with Crippen molar-refractivity contribution >= 4 is 17.5 Å². The van der Waals surface area contributed by atoms with Gasteiger partial charge in [0.2, 0.25) is 5.91 Å². The van der Waals surface area contributed by atoms with Gasteiger partial charge in [-0.25, -0.2) is 0 Å². The summed E-state index contributed by atoms with van der Waals surface area (Å²) in [5.74, 6) is 0.865. The number of halogens is 1. The second-order valence-electron chi connectivity index (χ2n) is 4.11. The molecular weight excluding hydrogens is 210 g/mol. The highest BCUT2D eigenvalue weighted by Crippen LogP contribution is 2.03. The zero-order valence-electron chi connectivity index (χ0n) is 10.0. The van der Waals surface area contributed by atoms with Gasteiger partial charge in [-0.05, 0) is 26.2 Å². The molecule has 0 saturated heterocycles. The molecule has 2 nitrogen and oxygen atoms in total. The lowest BCUT2D eigenvalue weighted by atomic mass is 10.1. The van der Waals surface area contributed by atoms with E-state index in [0.29, 0.717) is 12.3 Å². The van der Waals surface area contributed by atoms with Crippen LogP contribution in [0.1, 0.15) is 58.8 Å². The molecule has 0 bridgehead atoms. The molecule has 1 unspecified atom stereocenters. The number of amides is 1. The van der Waals surface area contributed by atoms with Gasteiger partial charge in [0.05, 0.1) is 0 Å². The smallest absolute Gasteiger partial charge is 0.220 e. The van der Waals surface area contributed by atoms with Crippen LogP contribution in [0.2, 0.25) is 0 Å². The number of rotatable bonds is 9. The van der Waals surface area contributed by atoms with E-state index in [9.17, 15) is 4.79 Å². The van der Waals surface area contributed by atoms with Crippen molar-refractivity contribution in [1.82, 2.24) is 5.32 Å². The number of hydrogen-bond acceptors (Lipinski definition) is 1. The van der Waals surface area contributed by atoms with Crippen molar-refractivity contribution in [2.24, 2.45) is 0 Å². The van der Waals surface area contributed by atoms with Crippen LogP contribution in [0.4, 0.5) is 0 Å². The molecule has 0 radical (unpaired) electrons. The Hall–Kier alpha value is -0.240. The SMILES string of the molecule is CCCCCCC(=O)NC(C)CCCCl. The third kappa shape index (κ3) is 10.1. The molecule has 0 rings (SSSR count). The van der Waals surface area contributed by atoms with E-state index < -0.39 is 0 Å². The summed E-state index contributed by atoms with van der Waals surface area (Å²) < 4.78 is 0. The lowest BCUT2D eigenvalue weighted by Crippen LogP contribution is -2.32. The summed E-state index contributed by atoms with van der Waals surface area (Å²) in [5.41, 5.74) is 0. The highest BCUT2D eigenvalue weighted by atomic mass is 35.5. The molecule has 90 valence electrons. The van der Waals surface area contributed by atoms with Crippen LogP contribution in [-0.2, 0) is 4.79 Å². The zero-order chi connectivity index (χ0) is 11.5. The van der Waals surface area contributed by atoms with E-state index >= 15 is 0 Å². The highest BCUT2D eigenvalue weighted by Gasteiger charge is 2.06. The fourth-order valence-corrected chi connectivity index (χ4v) is 1.67. The number of unbranched alkanes of at least 4 members (excludes halogenated alkanes) is 3. The van der Waals surface area contributed by atoms with Gasteiger partial charge in [-0.3, -0.25) is 4.79 Å². The Balaban J connectivity index is 3.38. The molecular formula is C12H24ClNO. The van der Waals surface area contributed by atoms with Gasteiger partial charge in [-0.1, -0.05) is 26.2 Å². The van der Waals surface area contributed by atoms with E-state index in [1.807, 2.05) is 6.92 Å². The maximum atomic E-state index is 11.4. The Kier molecular flexibility index (Phi) is 10.1. The molecule has 0 aliphatic carbocycles. The Labute approximate surface area is 98.8 Å². The van der Waals surface area contributed by atoms with Gasteiger partial charge in [0.15, 0.2) is 0 Å². The lowest BCUT2D eigenvalue weighted by Gasteiger charge is -2.12. The molecule has 1 amide bonds. The molecule has 0 aromatic carbocycles. The number of carbonyl (C=O) groups excluding carboxylic acids is 1. The van der Waals surface area contributed by atoms with E-state index in [2.05, 4.69) is 12.2 Å². The molecule has 1 N–H and O–H groups in total. The molecule has 0 aromatic heterocycles. The van der Waals surface area contributed by atoms with Gasteiger partial charge in [0.1, 0.15) is 0 Å². The minimum atomic E-state index is 0.188. The maximum Gasteiger partial charge on any atom is 0.220 e. The van der Waals surface area contributed by atoms with Crippen molar-refractivity contribution in [1.29, 1.82) is 0 Å². The van der Waals surface area contributed by atoms with E-state index in [1.54, 1.807) is 0 Å². The third-order valence-electron chi connectivity index (χ3n) is 2.44. The van der Waals surface area contributed by atoms with Crippen molar-refractivity contribution in [3.05, 3.63) is 0 Å². The van der Waals surface area contributed by atoms with E-state index in [0.717, 1.165) is 19.3 Å². The molecule has 0 heterocycles.